The maximum absolute atomic E-state index is 13.8. The Morgan fingerprint density at radius 1 is 1.26 bits per heavy atom. The third-order valence-electron chi connectivity index (χ3n) is 3.43. The molecular formula is C16H11ClF2N2O2. The average Bonchev–Trinajstić information content (AvgIpc) is 2.87. The van der Waals surface area contributed by atoms with Crippen molar-refractivity contribution in [3.8, 4) is 0 Å². The van der Waals surface area contributed by atoms with E-state index in [-0.39, 0.29) is 17.8 Å². The van der Waals surface area contributed by atoms with Crippen molar-refractivity contribution >= 4 is 28.5 Å². The zero-order chi connectivity index (χ0) is 16.6. The number of ether oxygens (including phenoxy) is 1. The fourth-order valence-electron chi connectivity index (χ4n) is 2.33. The van der Waals surface area contributed by atoms with E-state index in [9.17, 15) is 13.6 Å². The molecule has 0 amide bonds. The maximum atomic E-state index is 13.8. The van der Waals surface area contributed by atoms with E-state index in [0.29, 0.717) is 15.9 Å². The molecule has 0 spiro atoms. The van der Waals surface area contributed by atoms with E-state index in [0.717, 1.165) is 6.07 Å². The molecule has 2 aromatic carbocycles. The molecule has 118 valence electrons. The molecule has 0 saturated heterocycles. The van der Waals surface area contributed by atoms with Crippen molar-refractivity contribution in [2.24, 2.45) is 0 Å². The normalized spacial score (nSPS) is 11.0. The van der Waals surface area contributed by atoms with Gasteiger partial charge in [-0.05, 0) is 24.3 Å². The van der Waals surface area contributed by atoms with Crippen molar-refractivity contribution in [2.45, 2.75) is 6.54 Å². The minimum Gasteiger partial charge on any atom is -0.464 e. The Morgan fingerprint density at radius 3 is 2.74 bits per heavy atom. The monoisotopic (exact) mass is 336 g/mol. The highest BCUT2D eigenvalue weighted by Gasteiger charge is 2.19. The van der Waals surface area contributed by atoms with Crippen molar-refractivity contribution in [3.63, 3.8) is 0 Å². The van der Waals surface area contributed by atoms with E-state index in [4.69, 9.17) is 16.3 Å². The Morgan fingerprint density at radius 2 is 2.04 bits per heavy atom. The number of hydrogen-bond acceptors (Lipinski definition) is 3. The molecule has 0 aliphatic rings. The van der Waals surface area contributed by atoms with Gasteiger partial charge in [0.15, 0.2) is 5.69 Å². The van der Waals surface area contributed by atoms with Crippen molar-refractivity contribution < 1.29 is 18.3 Å². The van der Waals surface area contributed by atoms with Crippen LogP contribution in [0.1, 0.15) is 16.1 Å². The van der Waals surface area contributed by atoms with Crippen LogP contribution in [-0.4, -0.2) is 22.9 Å². The highest BCUT2D eigenvalue weighted by Crippen LogP contribution is 2.24. The number of fused-ring (bicyclic) bond motifs is 1. The number of halogens is 3. The summed E-state index contributed by atoms with van der Waals surface area (Å²) in [5.41, 5.74) is 0.938. The van der Waals surface area contributed by atoms with E-state index in [1.807, 2.05) is 0 Å². The quantitative estimate of drug-likeness (QED) is 0.683. The van der Waals surface area contributed by atoms with Crippen molar-refractivity contribution in [3.05, 3.63) is 64.3 Å². The number of carbonyl (C=O) groups excluding carboxylic acids is 1. The van der Waals surface area contributed by atoms with Crippen molar-refractivity contribution in [1.82, 2.24) is 9.78 Å². The first kappa shape index (κ1) is 15.4. The Balaban J connectivity index is 2.12. The number of esters is 1. The molecule has 3 rings (SSSR count). The summed E-state index contributed by atoms with van der Waals surface area (Å²) in [7, 11) is 1.25. The maximum Gasteiger partial charge on any atom is 0.359 e. The lowest BCUT2D eigenvalue weighted by Gasteiger charge is -2.05. The third kappa shape index (κ3) is 2.90. The SMILES string of the molecule is COC(=O)c1nn(Cc2ccc(F)cc2F)c2ccc(Cl)cc12. The van der Waals surface area contributed by atoms with Crippen molar-refractivity contribution in [1.29, 1.82) is 0 Å². The van der Waals surface area contributed by atoms with E-state index < -0.39 is 17.6 Å². The Labute approximate surface area is 135 Å². The number of carbonyl (C=O) groups is 1. The first-order valence-corrected chi connectivity index (χ1v) is 7.05. The summed E-state index contributed by atoms with van der Waals surface area (Å²) in [6, 6.07) is 8.23. The lowest BCUT2D eigenvalue weighted by molar-refractivity contribution is 0.0595. The van der Waals surface area contributed by atoms with Crippen LogP contribution < -0.4 is 0 Å². The number of rotatable bonds is 3. The van der Waals surface area contributed by atoms with Crippen LogP contribution in [0.25, 0.3) is 10.9 Å². The van der Waals surface area contributed by atoms with Gasteiger partial charge in [-0.1, -0.05) is 17.7 Å². The molecule has 1 aromatic heterocycles. The van der Waals surface area contributed by atoms with Crippen LogP contribution in [0.3, 0.4) is 0 Å². The molecule has 0 aliphatic carbocycles. The van der Waals surface area contributed by atoms with E-state index in [2.05, 4.69) is 5.10 Å². The van der Waals surface area contributed by atoms with Gasteiger partial charge in [0, 0.05) is 22.0 Å². The van der Waals surface area contributed by atoms with Gasteiger partial charge in [0.2, 0.25) is 0 Å². The van der Waals surface area contributed by atoms with Crippen LogP contribution in [-0.2, 0) is 11.3 Å². The van der Waals surface area contributed by atoms with Gasteiger partial charge in [0.05, 0.1) is 19.2 Å². The molecule has 0 aliphatic heterocycles. The standard InChI is InChI=1S/C16H11ClF2N2O2/c1-23-16(22)15-12-6-10(17)3-5-14(12)21(20-15)8-9-2-4-11(18)7-13(9)19/h2-7H,8H2,1H3. The molecule has 0 atom stereocenters. The first-order chi connectivity index (χ1) is 11.0. The molecular weight excluding hydrogens is 326 g/mol. The molecule has 0 bridgehead atoms. The second-order valence-electron chi connectivity index (χ2n) is 4.90. The Hall–Kier alpha value is -2.47. The number of hydrogen-bond donors (Lipinski definition) is 0. The second kappa shape index (κ2) is 5.96. The van der Waals surface area contributed by atoms with Gasteiger partial charge in [-0.3, -0.25) is 4.68 Å². The van der Waals surface area contributed by atoms with Gasteiger partial charge in [0.1, 0.15) is 11.6 Å². The first-order valence-electron chi connectivity index (χ1n) is 6.68. The van der Waals surface area contributed by atoms with Crippen LogP contribution >= 0.6 is 11.6 Å². The zero-order valence-corrected chi connectivity index (χ0v) is 12.8. The summed E-state index contributed by atoms with van der Waals surface area (Å²) >= 11 is 5.96. The summed E-state index contributed by atoms with van der Waals surface area (Å²) < 4.78 is 33.0. The van der Waals surface area contributed by atoms with Gasteiger partial charge in [0.25, 0.3) is 0 Å². The molecule has 3 aromatic rings. The molecule has 0 unspecified atom stereocenters. The average molecular weight is 337 g/mol. The molecule has 1 heterocycles. The van der Waals surface area contributed by atoms with E-state index in [1.165, 1.54) is 23.9 Å². The topological polar surface area (TPSA) is 44.1 Å². The van der Waals surface area contributed by atoms with Gasteiger partial charge < -0.3 is 4.74 Å². The van der Waals surface area contributed by atoms with Gasteiger partial charge in [-0.15, -0.1) is 0 Å². The largest absolute Gasteiger partial charge is 0.464 e. The molecule has 7 heteroatoms. The molecule has 0 saturated carbocycles. The molecule has 4 nitrogen and oxygen atoms in total. The minimum absolute atomic E-state index is 0.0429. The predicted octanol–water partition coefficient (Wildman–Crippen LogP) is 3.80. The summed E-state index contributed by atoms with van der Waals surface area (Å²) in [4.78, 5) is 11.9. The van der Waals surface area contributed by atoms with Crippen LogP contribution in [0.4, 0.5) is 8.78 Å². The van der Waals surface area contributed by atoms with Crippen LogP contribution in [0.2, 0.25) is 5.02 Å². The van der Waals surface area contributed by atoms with Crippen molar-refractivity contribution in [2.75, 3.05) is 7.11 Å². The van der Waals surface area contributed by atoms with Crippen LogP contribution in [0, 0.1) is 11.6 Å². The molecule has 0 radical (unpaired) electrons. The fraction of sp³-hybridized carbons (Fsp3) is 0.125. The lowest BCUT2D eigenvalue weighted by Crippen LogP contribution is -2.07. The number of benzene rings is 2. The second-order valence-corrected chi connectivity index (χ2v) is 5.33. The van der Waals surface area contributed by atoms with E-state index in [1.54, 1.807) is 18.2 Å². The minimum atomic E-state index is -0.678. The van der Waals surface area contributed by atoms with E-state index >= 15 is 0 Å². The summed E-state index contributed by atoms with van der Waals surface area (Å²) in [6.45, 7) is 0.0429. The number of nitrogens with zero attached hydrogens (tertiary/aromatic N) is 2. The fourth-order valence-corrected chi connectivity index (χ4v) is 2.50. The Kier molecular flexibility index (Phi) is 4.00. The zero-order valence-electron chi connectivity index (χ0n) is 12.0. The van der Waals surface area contributed by atoms with Crippen LogP contribution in [0.15, 0.2) is 36.4 Å². The molecule has 0 fully saturated rings. The summed E-state index contributed by atoms with van der Waals surface area (Å²) in [5.74, 6) is -1.95. The van der Waals surface area contributed by atoms with Crippen LogP contribution in [0.5, 0.6) is 0 Å². The van der Waals surface area contributed by atoms with Gasteiger partial charge in [-0.2, -0.15) is 5.10 Å². The van der Waals surface area contributed by atoms with Gasteiger partial charge >= 0.3 is 5.97 Å². The Bertz CT molecular complexity index is 908. The molecule has 23 heavy (non-hydrogen) atoms. The lowest BCUT2D eigenvalue weighted by atomic mass is 10.2. The summed E-state index contributed by atoms with van der Waals surface area (Å²) in [5, 5.41) is 5.13. The van der Waals surface area contributed by atoms with Gasteiger partial charge in [-0.25, -0.2) is 13.6 Å². The highest BCUT2D eigenvalue weighted by atomic mass is 35.5. The predicted molar refractivity (Wildman–Crippen MR) is 81.5 cm³/mol. The smallest absolute Gasteiger partial charge is 0.359 e. The number of aromatic nitrogens is 2. The number of methoxy groups -OCH3 is 1. The summed E-state index contributed by atoms with van der Waals surface area (Å²) in [6.07, 6.45) is 0. The third-order valence-corrected chi connectivity index (χ3v) is 3.66. The highest BCUT2D eigenvalue weighted by molar-refractivity contribution is 6.31. The molecule has 0 N–H and O–H groups in total.